The van der Waals surface area contributed by atoms with Gasteiger partial charge in [-0.3, -0.25) is 9.69 Å². The number of unbranched alkanes of at least 4 members (excludes halogenated alkanes) is 1. The lowest BCUT2D eigenvalue weighted by atomic mass is 10.0. The molecule has 2 fully saturated rings. The third-order valence-corrected chi connectivity index (χ3v) is 4.46. The first-order valence-electron chi connectivity index (χ1n) is 8.53. The Morgan fingerprint density at radius 2 is 2.00 bits per heavy atom. The average Bonchev–Trinajstić information content (AvgIpc) is 3.01. The molecule has 2 aliphatic heterocycles. The van der Waals surface area contributed by atoms with Crippen molar-refractivity contribution in [3.05, 3.63) is 0 Å². The molecule has 5 heteroatoms. The van der Waals surface area contributed by atoms with E-state index in [4.69, 9.17) is 9.47 Å². The van der Waals surface area contributed by atoms with Crippen LogP contribution in [-0.2, 0) is 14.3 Å². The topological polar surface area (TPSA) is 50.8 Å². The summed E-state index contributed by atoms with van der Waals surface area (Å²) in [6.45, 7) is 6.97. The van der Waals surface area contributed by atoms with Gasteiger partial charge in [-0.2, -0.15) is 0 Å². The van der Waals surface area contributed by atoms with Crippen LogP contribution in [0.15, 0.2) is 0 Å². The number of carbonyl (C=O) groups excluding carboxylic acids is 1. The Bertz CT molecular complexity index is 306. The van der Waals surface area contributed by atoms with E-state index in [0.717, 1.165) is 64.8 Å². The molecule has 0 bridgehead atoms. The fourth-order valence-corrected chi connectivity index (χ4v) is 3.26. The van der Waals surface area contributed by atoms with E-state index in [1.807, 2.05) is 0 Å². The summed E-state index contributed by atoms with van der Waals surface area (Å²) in [6, 6.07) is 0.524. The van der Waals surface area contributed by atoms with Crippen LogP contribution in [0.1, 0.15) is 45.4 Å². The molecular weight excluding hydrogens is 268 g/mol. The van der Waals surface area contributed by atoms with Crippen molar-refractivity contribution in [2.45, 2.75) is 57.5 Å². The molecular formula is C16H30N2O3. The predicted molar refractivity (Wildman–Crippen MR) is 82.3 cm³/mol. The number of likely N-dealkylation sites (tertiary alicyclic amines) is 1. The summed E-state index contributed by atoms with van der Waals surface area (Å²) in [4.78, 5) is 14.6. The van der Waals surface area contributed by atoms with Gasteiger partial charge in [-0.1, -0.05) is 13.3 Å². The van der Waals surface area contributed by atoms with Crippen LogP contribution in [0.2, 0.25) is 0 Å². The molecule has 0 aromatic rings. The molecule has 2 heterocycles. The van der Waals surface area contributed by atoms with Crippen molar-refractivity contribution in [3.8, 4) is 0 Å². The van der Waals surface area contributed by atoms with E-state index >= 15 is 0 Å². The van der Waals surface area contributed by atoms with Crippen LogP contribution in [0.25, 0.3) is 0 Å². The van der Waals surface area contributed by atoms with E-state index in [9.17, 15) is 4.79 Å². The Balaban J connectivity index is 1.68. The minimum absolute atomic E-state index is 0.0243. The molecule has 0 aromatic heterocycles. The first-order valence-corrected chi connectivity index (χ1v) is 8.53. The van der Waals surface area contributed by atoms with Gasteiger partial charge in [0.15, 0.2) is 0 Å². The first kappa shape index (κ1) is 16.7. The Morgan fingerprint density at radius 1 is 1.19 bits per heavy atom. The van der Waals surface area contributed by atoms with Crippen LogP contribution in [0.4, 0.5) is 0 Å². The smallest absolute Gasteiger partial charge is 0.323 e. The highest BCUT2D eigenvalue weighted by Gasteiger charge is 2.36. The molecule has 2 aliphatic rings. The van der Waals surface area contributed by atoms with Crippen LogP contribution < -0.4 is 5.32 Å². The highest BCUT2D eigenvalue weighted by Crippen LogP contribution is 2.25. The SMILES string of the molecule is CCCCOCCOC(=O)C1CCCN1C1CCNCC1. The van der Waals surface area contributed by atoms with Crippen LogP contribution in [0, 0.1) is 0 Å². The van der Waals surface area contributed by atoms with Crippen molar-refractivity contribution in [3.63, 3.8) is 0 Å². The molecule has 21 heavy (non-hydrogen) atoms. The summed E-state index contributed by atoms with van der Waals surface area (Å²) in [7, 11) is 0. The molecule has 0 spiro atoms. The van der Waals surface area contributed by atoms with Gasteiger partial charge in [-0.25, -0.2) is 0 Å². The van der Waals surface area contributed by atoms with Gasteiger partial charge < -0.3 is 14.8 Å². The molecule has 0 aliphatic carbocycles. The average molecular weight is 298 g/mol. The van der Waals surface area contributed by atoms with E-state index in [2.05, 4.69) is 17.1 Å². The molecule has 2 saturated heterocycles. The van der Waals surface area contributed by atoms with Crippen molar-refractivity contribution < 1.29 is 14.3 Å². The Kier molecular flexibility index (Phi) is 7.47. The fraction of sp³-hybridized carbons (Fsp3) is 0.938. The lowest BCUT2D eigenvalue weighted by molar-refractivity contribution is -0.151. The zero-order chi connectivity index (χ0) is 14.9. The fourth-order valence-electron chi connectivity index (χ4n) is 3.26. The number of esters is 1. The molecule has 0 aromatic carbocycles. The standard InChI is InChI=1S/C16H30N2O3/c1-2-3-11-20-12-13-21-16(19)15-5-4-10-18(15)14-6-8-17-9-7-14/h14-15,17H,2-13H2,1H3. The highest BCUT2D eigenvalue weighted by molar-refractivity contribution is 5.76. The number of carbonyl (C=O) groups is 1. The van der Waals surface area contributed by atoms with E-state index < -0.39 is 0 Å². The van der Waals surface area contributed by atoms with Gasteiger partial charge in [-0.15, -0.1) is 0 Å². The minimum Gasteiger partial charge on any atom is -0.462 e. The molecule has 1 N–H and O–H groups in total. The highest BCUT2D eigenvalue weighted by atomic mass is 16.6. The zero-order valence-electron chi connectivity index (χ0n) is 13.3. The number of nitrogens with zero attached hydrogens (tertiary/aromatic N) is 1. The van der Waals surface area contributed by atoms with Gasteiger partial charge in [0, 0.05) is 12.6 Å². The summed E-state index contributed by atoms with van der Waals surface area (Å²) in [5.41, 5.74) is 0. The van der Waals surface area contributed by atoms with Crippen LogP contribution in [-0.4, -0.2) is 62.4 Å². The van der Waals surface area contributed by atoms with Crippen molar-refractivity contribution in [1.82, 2.24) is 10.2 Å². The molecule has 1 atom stereocenters. The summed E-state index contributed by atoms with van der Waals surface area (Å²) in [5, 5.41) is 3.38. The van der Waals surface area contributed by atoms with Gasteiger partial charge in [0.25, 0.3) is 0 Å². The van der Waals surface area contributed by atoms with E-state index in [0.29, 0.717) is 19.3 Å². The van der Waals surface area contributed by atoms with Gasteiger partial charge in [-0.05, 0) is 51.7 Å². The maximum absolute atomic E-state index is 12.3. The van der Waals surface area contributed by atoms with Gasteiger partial charge in [0.1, 0.15) is 12.6 Å². The van der Waals surface area contributed by atoms with Crippen molar-refractivity contribution in [1.29, 1.82) is 0 Å². The predicted octanol–water partition coefficient (Wildman–Crippen LogP) is 1.56. The van der Waals surface area contributed by atoms with Gasteiger partial charge >= 0.3 is 5.97 Å². The Hall–Kier alpha value is -0.650. The normalized spacial score (nSPS) is 24.3. The van der Waals surface area contributed by atoms with Crippen molar-refractivity contribution in [2.24, 2.45) is 0 Å². The second kappa shape index (κ2) is 9.38. The van der Waals surface area contributed by atoms with Crippen molar-refractivity contribution in [2.75, 3.05) is 39.5 Å². The summed E-state index contributed by atoms with van der Waals surface area (Å²) >= 11 is 0. The number of hydrogen-bond donors (Lipinski definition) is 1. The second-order valence-electron chi connectivity index (χ2n) is 6.01. The van der Waals surface area contributed by atoms with Crippen molar-refractivity contribution >= 4 is 5.97 Å². The van der Waals surface area contributed by atoms with E-state index in [1.165, 1.54) is 0 Å². The first-order chi connectivity index (χ1) is 10.3. The largest absolute Gasteiger partial charge is 0.462 e. The lowest BCUT2D eigenvalue weighted by Gasteiger charge is -2.34. The van der Waals surface area contributed by atoms with Crippen LogP contribution in [0.3, 0.4) is 0 Å². The summed E-state index contributed by atoms with van der Waals surface area (Å²) in [6.07, 6.45) is 6.54. The molecule has 0 radical (unpaired) electrons. The monoisotopic (exact) mass is 298 g/mol. The molecule has 0 amide bonds. The molecule has 122 valence electrons. The number of ether oxygens (including phenoxy) is 2. The number of nitrogens with one attached hydrogen (secondary N) is 1. The number of rotatable bonds is 8. The minimum atomic E-state index is -0.0508. The van der Waals surface area contributed by atoms with Crippen LogP contribution >= 0.6 is 0 Å². The van der Waals surface area contributed by atoms with Gasteiger partial charge in [0.2, 0.25) is 0 Å². The molecule has 2 rings (SSSR count). The number of hydrogen-bond acceptors (Lipinski definition) is 5. The quantitative estimate of drug-likeness (QED) is 0.544. The maximum Gasteiger partial charge on any atom is 0.323 e. The van der Waals surface area contributed by atoms with E-state index in [1.54, 1.807) is 0 Å². The van der Waals surface area contributed by atoms with E-state index in [-0.39, 0.29) is 12.0 Å². The zero-order valence-corrected chi connectivity index (χ0v) is 13.3. The molecule has 1 unspecified atom stereocenters. The second-order valence-corrected chi connectivity index (χ2v) is 6.01. The Morgan fingerprint density at radius 3 is 2.76 bits per heavy atom. The third kappa shape index (κ3) is 5.24. The third-order valence-electron chi connectivity index (χ3n) is 4.46. The van der Waals surface area contributed by atoms with Crippen LogP contribution in [0.5, 0.6) is 0 Å². The summed E-state index contributed by atoms with van der Waals surface area (Å²) < 4.78 is 10.8. The Labute approximate surface area is 128 Å². The molecule has 5 nitrogen and oxygen atoms in total. The molecule has 0 saturated carbocycles. The number of piperidine rings is 1. The maximum atomic E-state index is 12.3. The lowest BCUT2D eigenvalue weighted by Crippen LogP contribution is -2.48. The summed E-state index contributed by atoms with van der Waals surface area (Å²) in [5.74, 6) is -0.0508. The van der Waals surface area contributed by atoms with Gasteiger partial charge in [0.05, 0.1) is 6.61 Å².